The number of rotatable bonds is 3. The third-order valence-electron chi connectivity index (χ3n) is 3.88. The highest BCUT2D eigenvalue weighted by Gasteiger charge is 2.27. The van der Waals surface area contributed by atoms with Crippen molar-refractivity contribution in [1.82, 2.24) is 4.90 Å². The van der Waals surface area contributed by atoms with Gasteiger partial charge in [0.1, 0.15) is 0 Å². The second-order valence-corrected chi connectivity index (χ2v) is 5.01. The van der Waals surface area contributed by atoms with Gasteiger partial charge in [-0.05, 0) is 46.1 Å². The Hall–Kier alpha value is -0.560. The Morgan fingerprint density at radius 2 is 1.80 bits per heavy atom. The number of likely N-dealkylation sites (tertiary alicyclic amines) is 1. The molecule has 0 amide bonds. The van der Waals surface area contributed by atoms with Gasteiger partial charge in [-0.15, -0.1) is 0 Å². The smallest absolute Gasteiger partial charge is 0.0282 e. The van der Waals surface area contributed by atoms with Crippen molar-refractivity contribution >= 4 is 0 Å². The van der Waals surface area contributed by atoms with Gasteiger partial charge >= 0.3 is 0 Å². The molecule has 1 aliphatic heterocycles. The molecular weight excluding hydrogens is 182 g/mol. The van der Waals surface area contributed by atoms with Gasteiger partial charge in [-0.2, -0.15) is 0 Å². The van der Waals surface area contributed by atoms with Gasteiger partial charge in [-0.3, -0.25) is 4.90 Å². The molecule has 1 rings (SSSR count). The molecule has 0 aliphatic carbocycles. The van der Waals surface area contributed by atoms with E-state index >= 15 is 0 Å². The van der Waals surface area contributed by atoms with Gasteiger partial charge in [-0.1, -0.05) is 24.1 Å². The highest BCUT2D eigenvalue weighted by Crippen LogP contribution is 2.25. The van der Waals surface area contributed by atoms with Crippen molar-refractivity contribution in [2.75, 3.05) is 13.1 Å². The monoisotopic (exact) mass is 207 g/mol. The van der Waals surface area contributed by atoms with Crippen molar-refractivity contribution < 1.29 is 0 Å². The summed E-state index contributed by atoms with van der Waals surface area (Å²) in [6, 6.07) is 0.607. The standard InChI is InChI=1S/C14H25N/c1-7-11(3)12(4)13(5)14(6)15-8-10(2)9-15/h7,10,14H,8-9H2,1-6H3/b11-7-,13-12+. The van der Waals surface area contributed by atoms with Crippen LogP contribution in [0.4, 0.5) is 0 Å². The topological polar surface area (TPSA) is 3.24 Å². The summed E-state index contributed by atoms with van der Waals surface area (Å²) in [5.41, 5.74) is 4.40. The van der Waals surface area contributed by atoms with Crippen LogP contribution in [0.3, 0.4) is 0 Å². The van der Waals surface area contributed by atoms with E-state index in [-0.39, 0.29) is 0 Å². The number of nitrogens with zero attached hydrogens (tertiary/aromatic N) is 1. The summed E-state index contributed by atoms with van der Waals surface area (Å²) in [5.74, 6) is 0.892. The van der Waals surface area contributed by atoms with Crippen LogP contribution in [-0.2, 0) is 0 Å². The van der Waals surface area contributed by atoms with Crippen molar-refractivity contribution in [2.24, 2.45) is 5.92 Å². The third kappa shape index (κ3) is 2.72. The Kier molecular flexibility index (Phi) is 4.15. The molecule has 86 valence electrons. The predicted molar refractivity (Wildman–Crippen MR) is 68.0 cm³/mol. The van der Waals surface area contributed by atoms with Gasteiger partial charge in [-0.25, -0.2) is 0 Å². The molecule has 1 fully saturated rings. The van der Waals surface area contributed by atoms with E-state index in [0.29, 0.717) is 6.04 Å². The maximum Gasteiger partial charge on any atom is 0.0282 e. The molecule has 0 radical (unpaired) electrons. The molecule has 0 aromatic heterocycles. The lowest BCUT2D eigenvalue weighted by atomic mass is 9.93. The van der Waals surface area contributed by atoms with E-state index in [0.717, 1.165) is 5.92 Å². The minimum Gasteiger partial charge on any atom is -0.296 e. The zero-order chi connectivity index (χ0) is 11.6. The summed E-state index contributed by atoms with van der Waals surface area (Å²) in [6.45, 7) is 16.0. The Balaban J connectivity index is 2.70. The molecule has 1 heteroatoms. The maximum atomic E-state index is 2.56. The molecule has 1 heterocycles. The van der Waals surface area contributed by atoms with Gasteiger partial charge in [0.25, 0.3) is 0 Å². The summed E-state index contributed by atoms with van der Waals surface area (Å²) >= 11 is 0. The van der Waals surface area contributed by atoms with Crippen LogP contribution >= 0.6 is 0 Å². The lowest BCUT2D eigenvalue weighted by Crippen LogP contribution is -2.50. The van der Waals surface area contributed by atoms with Crippen LogP contribution in [0.5, 0.6) is 0 Å². The Labute approximate surface area is 94.9 Å². The fourth-order valence-electron chi connectivity index (χ4n) is 2.18. The van der Waals surface area contributed by atoms with Crippen molar-refractivity contribution in [1.29, 1.82) is 0 Å². The number of hydrogen-bond donors (Lipinski definition) is 0. The van der Waals surface area contributed by atoms with Crippen molar-refractivity contribution in [3.63, 3.8) is 0 Å². The summed E-state index contributed by atoms with van der Waals surface area (Å²) in [7, 11) is 0. The van der Waals surface area contributed by atoms with E-state index in [1.54, 1.807) is 0 Å². The molecule has 1 nitrogen and oxygen atoms in total. The normalized spacial score (nSPS) is 23.5. The van der Waals surface area contributed by atoms with Crippen molar-refractivity contribution in [3.8, 4) is 0 Å². The predicted octanol–water partition coefficient (Wildman–Crippen LogP) is 3.63. The third-order valence-corrected chi connectivity index (χ3v) is 3.88. The van der Waals surface area contributed by atoms with Crippen LogP contribution in [0.25, 0.3) is 0 Å². The quantitative estimate of drug-likeness (QED) is 0.639. The lowest BCUT2D eigenvalue weighted by molar-refractivity contribution is 0.0854. The van der Waals surface area contributed by atoms with Crippen molar-refractivity contribution in [3.05, 3.63) is 22.8 Å². The van der Waals surface area contributed by atoms with Crippen LogP contribution in [0.2, 0.25) is 0 Å². The first-order chi connectivity index (χ1) is 6.97. The minimum atomic E-state index is 0.607. The minimum absolute atomic E-state index is 0.607. The number of hydrogen-bond acceptors (Lipinski definition) is 1. The molecule has 0 aromatic rings. The molecule has 0 spiro atoms. The van der Waals surface area contributed by atoms with Crippen molar-refractivity contribution in [2.45, 2.75) is 47.6 Å². The molecule has 1 aliphatic rings. The summed E-state index contributed by atoms with van der Waals surface area (Å²) in [5, 5.41) is 0. The first kappa shape index (κ1) is 12.5. The zero-order valence-electron chi connectivity index (χ0n) is 11.1. The second-order valence-electron chi connectivity index (χ2n) is 5.01. The van der Waals surface area contributed by atoms with E-state index in [4.69, 9.17) is 0 Å². The molecule has 0 bridgehead atoms. The summed E-state index contributed by atoms with van der Waals surface area (Å²) in [6.07, 6.45) is 2.20. The van der Waals surface area contributed by atoms with Gasteiger partial charge in [0.15, 0.2) is 0 Å². The highest BCUT2D eigenvalue weighted by atomic mass is 15.2. The van der Waals surface area contributed by atoms with E-state index in [2.05, 4.69) is 52.5 Å². The van der Waals surface area contributed by atoms with Gasteiger partial charge in [0.05, 0.1) is 0 Å². The van der Waals surface area contributed by atoms with Gasteiger partial charge < -0.3 is 0 Å². The molecule has 1 unspecified atom stereocenters. The van der Waals surface area contributed by atoms with Crippen LogP contribution in [-0.4, -0.2) is 24.0 Å². The highest BCUT2D eigenvalue weighted by molar-refractivity contribution is 5.33. The fourth-order valence-corrected chi connectivity index (χ4v) is 2.18. The molecular formula is C14H25N. The molecule has 1 saturated heterocycles. The summed E-state index contributed by atoms with van der Waals surface area (Å²) in [4.78, 5) is 2.56. The van der Waals surface area contributed by atoms with Crippen LogP contribution < -0.4 is 0 Å². The van der Waals surface area contributed by atoms with E-state index in [1.165, 1.54) is 29.8 Å². The molecule has 1 atom stereocenters. The van der Waals surface area contributed by atoms with Gasteiger partial charge in [0, 0.05) is 19.1 Å². The SMILES string of the molecule is C/C=C(C)\C(C)=C(/C)C(C)N1CC(C)C1. The van der Waals surface area contributed by atoms with Crippen LogP contribution in [0.15, 0.2) is 22.8 Å². The zero-order valence-corrected chi connectivity index (χ0v) is 11.1. The van der Waals surface area contributed by atoms with Crippen LogP contribution in [0.1, 0.15) is 41.5 Å². The molecule has 15 heavy (non-hydrogen) atoms. The first-order valence-electron chi connectivity index (χ1n) is 6.02. The maximum absolute atomic E-state index is 2.56. The molecule has 0 N–H and O–H groups in total. The second kappa shape index (κ2) is 4.98. The van der Waals surface area contributed by atoms with E-state index < -0.39 is 0 Å². The van der Waals surface area contributed by atoms with E-state index in [9.17, 15) is 0 Å². The lowest BCUT2D eigenvalue weighted by Gasteiger charge is -2.42. The van der Waals surface area contributed by atoms with Crippen LogP contribution in [0, 0.1) is 5.92 Å². The average molecular weight is 207 g/mol. The average Bonchev–Trinajstić information content (AvgIpc) is 2.20. The first-order valence-corrected chi connectivity index (χ1v) is 6.02. The Morgan fingerprint density at radius 3 is 2.20 bits per heavy atom. The largest absolute Gasteiger partial charge is 0.296 e. The summed E-state index contributed by atoms with van der Waals surface area (Å²) < 4.78 is 0. The molecule has 0 saturated carbocycles. The van der Waals surface area contributed by atoms with Gasteiger partial charge in [0.2, 0.25) is 0 Å². The van der Waals surface area contributed by atoms with E-state index in [1.807, 2.05) is 0 Å². The molecule has 0 aromatic carbocycles. The Morgan fingerprint density at radius 1 is 1.27 bits per heavy atom. The number of allylic oxidation sites excluding steroid dienone is 3. The fraction of sp³-hybridized carbons (Fsp3) is 0.714. The Bertz CT molecular complexity index is 280.